The van der Waals surface area contributed by atoms with E-state index in [1.165, 1.54) is 14.7 Å². The molecule has 3 heteroatoms. The summed E-state index contributed by atoms with van der Waals surface area (Å²) >= 11 is 2.32. The average Bonchev–Trinajstić information content (AvgIpc) is 2.42. The Labute approximate surface area is 121 Å². The molecule has 1 N–H and O–H groups in total. The molecule has 0 atom stereocenters. The van der Waals surface area contributed by atoms with Crippen molar-refractivity contribution in [2.45, 2.75) is 0 Å². The molecule has 0 aliphatic rings. The van der Waals surface area contributed by atoms with Crippen molar-refractivity contribution in [1.82, 2.24) is 10.3 Å². The van der Waals surface area contributed by atoms with Crippen LogP contribution in [0.5, 0.6) is 0 Å². The Balaban J connectivity index is 2.40. The van der Waals surface area contributed by atoms with Crippen LogP contribution in [0.15, 0.2) is 54.9 Å². The topological polar surface area (TPSA) is 24.9 Å². The van der Waals surface area contributed by atoms with E-state index < -0.39 is 0 Å². The predicted molar refractivity (Wildman–Crippen MR) is 84.4 cm³/mol. The second-order valence-corrected chi connectivity index (χ2v) is 5.17. The number of pyridine rings is 1. The number of halogens is 1. The van der Waals surface area contributed by atoms with Crippen LogP contribution in [0.4, 0.5) is 0 Å². The van der Waals surface area contributed by atoms with E-state index in [-0.39, 0.29) is 0 Å². The van der Waals surface area contributed by atoms with Crippen molar-refractivity contribution in [3.05, 3.63) is 69.6 Å². The molecule has 2 aromatic rings. The fraction of sp³-hybridized carbons (Fsp3) is 0.133. The number of hydrogen-bond acceptors (Lipinski definition) is 2. The van der Waals surface area contributed by atoms with Gasteiger partial charge < -0.3 is 5.32 Å². The van der Waals surface area contributed by atoms with Crippen LogP contribution in [0.2, 0.25) is 0 Å². The van der Waals surface area contributed by atoms with Crippen LogP contribution in [-0.2, 0) is 0 Å². The number of likely N-dealkylation sites (N-methyl/N-ethyl adjacent to an activating group) is 1. The molecule has 0 aliphatic heterocycles. The standard InChI is InChI=1S/C15H15IN2/c1-17-10-8-15(13-3-2-9-18-11-13)12-4-6-14(16)7-5-12/h2-9,11,17H,10H2,1H3/b15-8-/i16-4. The summed E-state index contributed by atoms with van der Waals surface area (Å²) in [5.41, 5.74) is 3.58. The quantitative estimate of drug-likeness (QED) is 0.859. The first kappa shape index (κ1) is 13.2. The molecular formula is C15H15IN2. The highest BCUT2D eigenvalue weighted by molar-refractivity contribution is 14.1. The smallest absolute Gasteiger partial charge is 0.0346 e. The molecular weight excluding hydrogens is 331 g/mol. The van der Waals surface area contributed by atoms with Crippen LogP contribution in [0.1, 0.15) is 11.1 Å². The summed E-state index contributed by atoms with van der Waals surface area (Å²) in [6.07, 6.45) is 5.89. The van der Waals surface area contributed by atoms with Crippen LogP contribution in [0.25, 0.3) is 5.57 Å². The molecule has 0 radical (unpaired) electrons. The van der Waals surface area contributed by atoms with Crippen LogP contribution in [0.3, 0.4) is 0 Å². The van der Waals surface area contributed by atoms with Crippen molar-refractivity contribution in [3.8, 4) is 0 Å². The molecule has 0 spiro atoms. The van der Waals surface area contributed by atoms with E-state index in [1.54, 1.807) is 6.20 Å². The first-order valence-corrected chi connectivity index (χ1v) is 6.90. The molecule has 1 aromatic heterocycles. The van der Waals surface area contributed by atoms with Crippen molar-refractivity contribution in [3.63, 3.8) is 0 Å². The van der Waals surface area contributed by atoms with Gasteiger partial charge in [0, 0.05) is 28.1 Å². The Kier molecular flexibility index (Phi) is 4.90. The van der Waals surface area contributed by atoms with Gasteiger partial charge in [-0.15, -0.1) is 0 Å². The van der Waals surface area contributed by atoms with E-state index >= 15 is 0 Å². The Morgan fingerprint density at radius 3 is 2.61 bits per heavy atom. The summed E-state index contributed by atoms with van der Waals surface area (Å²) in [6.45, 7) is 0.843. The lowest BCUT2D eigenvalue weighted by atomic mass is 9.99. The zero-order valence-corrected chi connectivity index (χ0v) is 12.4. The van der Waals surface area contributed by atoms with Gasteiger partial charge in [0.25, 0.3) is 0 Å². The number of aromatic nitrogens is 1. The van der Waals surface area contributed by atoms with Gasteiger partial charge >= 0.3 is 0 Å². The van der Waals surface area contributed by atoms with Gasteiger partial charge in [-0.1, -0.05) is 24.3 Å². The molecule has 1 heterocycles. The summed E-state index contributed by atoms with van der Waals surface area (Å²) in [7, 11) is 1.95. The lowest BCUT2D eigenvalue weighted by Gasteiger charge is -2.08. The SMILES string of the molecule is CNC/C=C(/c1ccc([123I])cc1)c1cccnc1. The number of nitrogens with zero attached hydrogens (tertiary/aromatic N) is 1. The molecule has 2 rings (SSSR count). The van der Waals surface area contributed by atoms with E-state index in [2.05, 4.69) is 69.3 Å². The van der Waals surface area contributed by atoms with Crippen molar-refractivity contribution >= 4 is 28.2 Å². The van der Waals surface area contributed by atoms with Gasteiger partial charge in [0.05, 0.1) is 0 Å². The minimum atomic E-state index is 0.843. The minimum absolute atomic E-state index is 0.843. The van der Waals surface area contributed by atoms with Crippen molar-refractivity contribution in [2.24, 2.45) is 0 Å². The molecule has 0 aliphatic carbocycles. The monoisotopic (exact) mass is 346 g/mol. The summed E-state index contributed by atoms with van der Waals surface area (Å²) in [5, 5.41) is 3.15. The summed E-state index contributed by atoms with van der Waals surface area (Å²) in [4.78, 5) is 4.19. The highest BCUT2D eigenvalue weighted by Crippen LogP contribution is 2.23. The van der Waals surface area contributed by atoms with E-state index in [1.807, 2.05) is 19.3 Å². The first-order valence-electron chi connectivity index (χ1n) is 5.82. The molecule has 0 bridgehead atoms. The van der Waals surface area contributed by atoms with Gasteiger partial charge in [-0.3, -0.25) is 4.98 Å². The highest BCUT2D eigenvalue weighted by atomic mass is 123. The largest absolute Gasteiger partial charge is 0.316 e. The number of benzene rings is 1. The van der Waals surface area contributed by atoms with Gasteiger partial charge in [-0.05, 0) is 59.0 Å². The highest BCUT2D eigenvalue weighted by Gasteiger charge is 2.04. The summed E-state index contributed by atoms with van der Waals surface area (Å²) in [6, 6.07) is 12.6. The van der Waals surface area contributed by atoms with Gasteiger partial charge in [-0.2, -0.15) is 0 Å². The molecule has 0 saturated carbocycles. The van der Waals surface area contributed by atoms with E-state index in [9.17, 15) is 0 Å². The average molecular weight is 346 g/mol. The zero-order valence-electron chi connectivity index (χ0n) is 10.2. The molecule has 92 valence electrons. The van der Waals surface area contributed by atoms with Crippen molar-refractivity contribution in [2.75, 3.05) is 13.6 Å². The third-order valence-corrected chi connectivity index (χ3v) is 3.36. The minimum Gasteiger partial charge on any atom is -0.316 e. The summed E-state index contributed by atoms with van der Waals surface area (Å²) < 4.78 is 1.25. The third kappa shape index (κ3) is 3.40. The first-order chi connectivity index (χ1) is 8.81. The molecule has 1 aromatic carbocycles. The molecule has 18 heavy (non-hydrogen) atoms. The maximum atomic E-state index is 4.19. The Morgan fingerprint density at radius 2 is 2.00 bits per heavy atom. The zero-order chi connectivity index (χ0) is 12.8. The molecule has 2 nitrogen and oxygen atoms in total. The fourth-order valence-electron chi connectivity index (χ4n) is 1.76. The maximum Gasteiger partial charge on any atom is 0.0346 e. The van der Waals surface area contributed by atoms with Crippen molar-refractivity contribution < 1.29 is 0 Å². The lowest BCUT2D eigenvalue weighted by Crippen LogP contribution is -2.05. The van der Waals surface area contributed by atoms with Crippen LogP contribution in [-0.4, -0.2) is 18.6 Å². The lowest BCUT2D eigenvalue weighted by molar-refractivity contribution is 0.920. The molecule has 0 saturated heterocycles. The maximum absolute atomic E-state index is 4.19. The second-order valence-electron chi connectivity index (χ2n) is 3.92. The Morgan fingerprint density at radius 1 is 1.22 bits per heavy atom. The number of nitrogens with one attached hydrogen (secondary N) is 1. The van der Waals surface area contributed by atoms with Crippen molar-refractivity contribution in [1.29, 1.82) is 0 Å². The second kappa shape index (κ2) is 6.66. The van der Waals surface area contributed by atoms with Crippen LogP contribution >= 0.6 is 22.6 Å². The fourth-order valence-corrected chi connectivity index (χ4v) is 2.12. The molecule has 0 fully saturated rings. The summed E-state index contributed by atoms with van der Waals surface area (Å²) in [5.74, 6) is 0. The molecule has 0 unspecified atom stereocenters. The Bertz CT molecular complexity index is 518. The van der Waals surface area contributed by atoms with Gasteiger partial charge in [0.2, 0.25) is 0 Å². The number of hydrogen-bond donors (Lipinski definition) is 1. The van der Waals surface area contributed by atoms with Crippen LogP contribution in [0, 0.1) is 3.57 Å². The normalized spacial score (nSPS) is 11.6. The van der Waals surface area contributed by atoms with E-state index in [0.29, 0.717) is 0 Å². The van der Waals surface area contributed by atoms with Gasteiger partial charge in [0.15, 0.2) is 0 Å². The third-order valence-electron chi connectivity index (χ3n) is 2.64. The number of rotatable bonds is 4. The van der Waals surface area contributed by atoms with Crippen LogP contribution < -0.4 is 5.32 Å². The van der Waals surface area contributed by atoms with E-state index in [0.717, 1.165) is 12.1 Å². The van der Waals surface area contributed by atoms with E-state index in [4.69, 9.17) is 0 Å². The van der Waals surface area contributed by atoms with Gasteiger partial charge in [0.1, 0.15) is 0 Å². The van der Waals surface area contributed by atoms with Gasteiger partial charge in [-0.25, -0.2) is 0 Å². The predicted octanol–water partition coefficient (Wildman–Crippen LogP) is 3.34. The molecule has 0 amide bonds. The Hall–Kier alpha value is -1.20.